The van der Waals surface area contributed by atoms with Crippen molar-refractivity contribution < 1.29 is 4.39 Å². The topological polar surface area (TPSA) is 12.0 Å². The van der Waals surface area contributed by atoms with Crippen molar-refractivity contribution in [2.75, 3.05) is 6.54 Å². The first-order valence-electron chi connectivity index (χ1n) is 8.16. The monoisotopic (exact) mass is 293 g/mol. The van der Waals surface area contributed by atoms with Gasteiger partial charge in [0.25, 0.3) is 0 Å². The molecular formula is C19H32FN. The number of rotatable bonds is 7. The highest BCUT2D eigenvalue weighted by molar-refractivity contribution is 5.26. The summed E-state index contributed by atoms with van der Waals surface area (Å²) in [6.45, 7) is 14.6. The van der Waals surface area contributed by atoms with Gasteiger partial charge in [-0.1, -0.05) is 53.7 Å². The van der Waals surface area contributed by atoms with Crippen LogP contribution in [0.2, 0.25) is 0 Å². The molecule has 2 heteroatoms. The molecule has 0 amide bonds. The van der Waals surface area contributed by atoms with Crippen LogP contribution in [0, 0.1) is 11.2 Å². The van der Waals surface area contributed by atoms with E-state index in [0.29, 0.717) is 11.5 Å². The highest BCUT2D eigenvalue weighted by atomic mass is 19.1. The fraction of sp³-hybridized carbons (Fsp3) is 0.684. The van der Waals surface area contributed by atoms with Crippen LogP contribution >= 0.6 is 0 Å². The second kappa shape index (κ2) is 7.40. The Morgan fingerprint density at radius 3 is 2.10 bits per heavy atom. The lowest BCUT2D eigenvalue weighted by atomic mass is 9.74. The van der Waals surface area contributed by atoms with Crippen molar-refractivity contribution in [3.05, 3.63) is 35.6 Å². The smallest absolute Gasteiger partial charge is 0.123 e. The summed E-state index contributed by atoms with van der Waals surface area (Å²) < 4.78 is 13.2. The standard InChI is InChI=1S/C19H32FN/c1-7-14-21-17(12-13-18(2,3)4)19(5,6)15-8-10-16(20)11-9-15/h8-11,17,21H,7,12-14H2,1-6H3. The van der Waals surface area contributed by atoms with Gasteiger partial charge in [0.1, 0.15) is 5.82 Å². The van der Waals surface area contributed by atoms with E-state index in [1.807, 2.05) is 12.1 Å². The fourth-order valence-corrected chi connectivity index (χ4v) is 2.69. The number of nitrogens with one attached hydrogen (secondary N) is 1. The molecule has 21 heavy (non-hydrogen) atoms. The SMILES string of the molecule is CCCNC(CCC(C)(C)C)C(C)(C)c1ccc(F)cc1. The Bertz CT molecular complexity index is 414. The van der Waals surface area contributed by atoms with Crippen molar-refractivity contribution >= 4 is 0 Å². The first kappa shape index (κ1) is 18.2. The van der Waals surface area contributed by atoms with Crippen molar-refractivity contribution in [3.63, 3.8) is 0 Å². The van der Waals surface area contributed by atoms with Gasteiger partial charge in [-0.05, 0) is 48.9 Å². The quantitative estimate of drug-likeness (QED) is 0.719. The molecule has 1 aromatic carbocycles. The molecule has 1 nitrogen and oxygen atoms in total. The van der Waals surface area contributed by atoms with Crippen molar-refractivity contribution in [1.82, 2.24) is 5.32 Å². The molecule has 1 N–H and O–H groups in total. The lowest BCUT2D eigenvalue weighted by molar-refractivity contribution is 0.268. The summed E-state index contributed by atoms with van der Waals surface area (Å²) in [5.74, 6) is -0.165. The molecule has 0 bridgehead atoms. The lowest BCUT2D eigenvalue weighted by Gasteiger charge is -2.37. The summed E-state index contributed by atoms with van der Waals surface area (Å²) >= 11 is 0. The maximum absolute atomic E-state index is 13.2. The molecule has 0 aliphatic heterocycles. The molecule has 1 atom stereocenters. The molecule has 0 fully saturated rings. The average molecular weight is 293 g/mol. The summed E-state index contributed by atoms with van der Waals surface area (Å²) in [5, 5.41) is 3.70. The van der Waals surface area contributed by atoms with Gasteiger partial charge in [0.05, 0.1) is 0 Å². The van der Waals surface area contributed by atoms with Crippen molar-refractivity contribution in [2.45, 2.75) is 72.3 Å². The molecule has 1 unspecified atom stereocenters. The summed E-state index contributed by atoms with van der Waals surface area (Å²) in [4.78, 5) is 0. The molecule has 1 aromatic rings. The first-order chi connectivity index (χ1) is 9.66. The van der Waals surface area contributed by atoms with Crippen LogP contribution < -0.4 is 5.32 Å². The average Bonchev–Trinajstić information content (AvgIpc) is 2.37. The Morgan fingerprint density at radius 2 is 1.62 bits per heavy atom. The molecule has 120 valence electrons. The second-order valence-electron chi connectivity index (χ2n) is 7.83. The Labute approximate surface area is 130 Å². The zero-order valence-corrected chi connectivity index (χ0v) is 14.6. The highest BCUT2D eigenvalue weighted by Crippen LogP contribution is 2.32. The molecule has 1 rings (SSSR count). The van der Waals surface area contributed by atoms with Gasteiger partial charge in [-0.25, -0.2) is 4.39 Å². The Hall–Kier alpha value is -0.890. The maximum atomic E-state index is 13.2. The summed E-state index contributed by atoms with van der Waals surface area (Å²) in [6.07, 6.45) is 3.44. The minimum Gasteiger partial charge on any atom is -0.313 e. The van der Waals surface area contributed by atoms with E-state index in [2.05, 4.69) is 46.9 Å². The third-order valence-corrected chi connectivity index (χ3v) is 4.28. The summed E-state index contributed by atoms with van der Waals surface area (Å²) in [5.41, 5.74) is 1.53. The van der Waals surface area contributed by atoms with Crippen molar-refractivity contribution in [2.24, 2.45) is 5.41 Å². The minimum absolute atomic E-state index is 0.00583. The maximum Gasteiger partial charge on any atom is 0.123 e. The molecule has 0 spiro atoms. The van der Waals surface area contributed by atoms with Gasteiger partial charge in [0.2, 0.25) is 0 Å². The summed E-state index contributed by atoms with van der Waals surface area (Å²) in [7, 11) is 0. The normalized spacial score (nSPS) is 14.2. The molecule has 0 aliphatic rings. The minimum atomic E-state index is -0.165. The number of hydrogen-bond acceptors (Lipinski definition) is 1. The van der Waals surface area contributed by atoms with E-state index < -0.39 is 0 Å². The van der Waals surface area contributed by atoms with E-state index in [1.165, 1.54) is 12.0 Å². The van der Waals surface area contributed by atoms with Crippen LogP contribution in [0.1, 0.15) is 66.4 Å². The van der Waals surface area contributed by atoms with E-state index in [4.69, 9.17) is 0 Å². The predicted molar refractivity (Wildman–Crippen MR) is 90.2 cm³/mol. The van der Waals surface area contributed by atoms with Crippen molar-refractivity contribution in [3.8, 4) is 0 Å². The van der Waals surface area contributed by atoms with Gasteiger partial charge in [0, 0.05) is 11.5 Å². The van der Waals surface area contributed by atoms with Crippen LogP contribution in [-0.2, 0) is 5.41 Å². The molecule has 0 aliphatic carbocycles. The van der Waals surface area contributed by atoms with Gasteiger partial charge >= 0.3 is 0 Å². The van der Waals surface area contributed by atoms with E-state index in [-0.39, 0.29) is 11.2 Å². The van der Waals surface area contributed by atoms with Gasteiger partial charge in [-0.3, -0.25) is 0 Å². The van der Waals surface area contributed by atoms with E-state index in [0.717, 1.165) is 19.4 Å². The van der Waals surface area contributed by atoms with E-state index in [1.54, 1.807) is 12.1 Å². The van der Waals surface area contributed by atoms with Crippen LogP contribution in [-0.4, -0.2) is 12.6 Å². The molecule has 0 saturated heterocycles. The first-order valence-corrected chi connectivity index (χ1v) is 8.16. The number of benzene rings is 1. The van der Waals surface area contributed by atoms with Crippen LogP contribution in [0.3, 0.4) is 0 Å². The van der Waals surface area contributed by atoms with Crippen LogP contribution in [0.15, 0.2) is 24.3 Å². The fourth-order valence-electron chi connectivity index (χ4n) is 2.69. The lowest BCUT2D eigenvalue weighted by Crippen LogP contribution is -2.45. The Morgan fingerprint density at radius 1 is 1.05 bits per heavy atom. The van der Waals surface area contributed by atoms with Gasteiger partial charge in [0.15, 0.2) is 0 Å². The predicted octanol–water partition coefficient (Wildman–Crippen LogP) is 5.30. The van der Waals surface area contributed by atoms with Crippen LogP contribution in [0.4, 0.5) is 4.39 Å². The van der Waals surface area contributed by atoms with E-state index >= 15 is 0 Å². The molecule has 0 radical (unpaired) electrons. The Balaban J connectivity index is 2.90. The van der Waals surface area contributed by atoms with E-state index in [9.17, 15) is 4.39 Å². The van der Waals surface area contributed by atoms with Gasteiger partial charge in [-0.2, -0.15) is 0 Å². The zero-order valence-electron chi connectivity index (χ0n) is 14.6. The van der Waals surface area contributed by atoms with Gasteiger partial charge < -0.3 is 5.32 Å². The highest BCUT2D eigenvalue weighted by Gasteiger charge is 2.31. The van der Waals surface area contributed by atoms with Crippen molar-refractivity contribution in [1.29, 1.82) is 0 Å². The molecule has 0 aromatic heterocycles. The third kappa shape index (κ3) is 5.78. The molecular weight excluding hydrogens is 261 g/mol. The van der Waals surface area contributed by atoms with Gasteiger partial charge in [-0.15, -0.1) is 0 Å². The number of halogens is 1. The van der Waals surface area contributed by atoms with Crippen LogP contribution in [0.25, 0.3) is 0 Å². The summed E-state index contributed by atoms with van der Waals surface area (Å²) in [6, 6.07) is 7.39. The number of hydrogen-bond donors (Lipinski definition) is 1. The molecule has 0 heterocycles. The second-order valence-corrected chi connectivity index (χ2v) is 7.83. The Kier molecular flexibility index (Phi) is 6.40. The largest absolute Gasteiger partial charge is 0.313 e. The third-order valence-electron chi connectivity index (χ3n) is 4.28. The zero-order chi connectivity index (χ0) is 16.1. The molecule has 0 saturated carbocycles. The van der Waals surface area contributed by atoms with Crippen LogP contribution in [0.5, 0.6) is 0 Å².